The molecule has 1 N–H and O–H groups in total. The molecule has 2 unspecified atom stereocenters. The lowest BCUT2D eigenvalue weighted by atomic mass is 9.72. The molecule has 9 heteroatoms. The molecule has 0 aromatic heterocycles. The second kappa shape index (κ2) is 8.70. The lowest BCUT2D eigenvalue weighted by Gasteiger charge is -2.28. The van der Waals surface area contributed by atoms with Crippen LogP contribution >= 0.6 is 0 Å². The molecule has 0 saturated heterocycles. The van der Waals surface area contributed by atoms with E-state index in [1.165, 1.54) is 41.4 Å². The molecular weight excluding hydrogens is 462 g/mol. The monoisotopic (exact) mass is 481 g/mol. The number of carbonyl (C=O) groups excluding carboxylic acids is 3. The molecule has 0 fully saturated rings. The summed E-state index contributed by atoms with van der Waals surface area (Å²) in [7, 11) is 0. The summed E-state index contributed by atoms with van der Waals surface area (Å²) in [6, 6.07) is 20.3. The van der Waals surface area contributed by atoms with E-state index in [2.05, 4.69) is 5.10 Å². The molecule has 2 atom stereocenters. The summed E-state index contributed by atoms with van der Waals surface area (Å²) in [4.78, 5) is 50.7. The van der Waals surface area contributed by atoms with Gasteiger partial charge in [-0.05, 0) is 24.6 Å². The number of rotatable bonds is 5. The molecule has 0 saturated carbocycles. The summed E-state index contributed by atoms with van der Waals surface area (Å²) in [5.41, 5.74) is 1.07. The van der Waals surface area contributed by atoms with E-state index in [9.17, 15) is 29.6 Å². The second-order valence-corrected chi connectivity index (χ2v) is 8.50. The van der Waals surface area contributed by atoms with Gasteiger partial charge in [-0.1, -0.05) is 54.6 Å². The maximum absolute atomic E-state index is 13.7. The summed E-state index contributed by atoms with van der Waals surface area (Å²) in [5, 5.41) is 28.1. The summed E-state index contributed by atoms with van der Waals surface area (Å²) in [5.74, 6) is -4.75. The third kappa shape index (κ3) is 3.58. The first kappa shape index (κ1) is 22.9. The van der Waals surface area contributed by atoms with Crippen LogP contribution in [0.15, 0.2) is 89.5 Å². The number of ketones is 2. The Labute approximate surface area is 205 Å². The largest absolute Gasteiger partial charge is 0.507 e. The van der Waals surface area contributed by atoms with E-state index >= 15 is 0 Å². The zero-order valence-electron chi connectivity index (χ0n) is 19.0. The number of amides is 1. The van der Waals surface area contributed by atoms with Crippen molar-refractivity contribution in [3.05, 3.63) is 111 Å². The summed E-state index contributed by atoms with van der Waals surface area (Å²) >= 11 is 0. The Morgan fingerprint density at radius 2 is 1.50 bits per heavy atom. The molecule has 9 nitrogen and oxygen atoms in total. The molecule has 2 aliphatic rings. The number of nitro groups is 1. The van der Waals surface area contributed by atoms with Crippen molar-refractivity contribution >= 4 is 40.3 Å². The van der Waals surface area contributed by atoms with E-state index in [-0.39, 0.29) is 22.4 Å². The van der Waals surface area contributed by atoms with Crippen LogP contribution in [-0.4, -0.2) is 33.2 Å². The molecule has 1 aliphatic heterocycles. The lowest BCUT2D eigenvalue weighted by molar-refractivity contribution is -0.384. The highest BCUT2D eigenvalue weighted by molar-refractivity contribution is 6.52. The van der Waals surface area contributed by atoms with Gasteiger partial charge in [-0.25, -0.2) is 5.01 Å². The van der Waals surface area contributed by atoms with Crippen molar-refractivity contribution in [1.82, 2.24) is 0 Å². The number of carbonyl (C=O) groups is 3. The number of nitro benzene ring substituents is 1. The number of aliphatic hydroxyl groups is 1. The van der Waals surface area contributed by atoms with Crippen molar-refractivity contribution in [3.63, 3.8) is 0 Å². The van der Waals surface area contributed by atoms with Crippen LogP contribution in [0.1, 0.15) is 34.3 Å². The van der Waals surface area contributed by atoms with Crippen LogP contribution in [0, 0.1) is 16.0 Å². The summed E-state index contributed by atoms with van der Waals surface area (Å²) in [6.45, 7) is 1.63. The van der Waals surface area contributed by atoms with Crippen LogP contribution in [0.2, 0.25) is 0 Å². The number of allylic oxidation sites excluding steroid dienone is 1. The molecule has 178 valence electrons. The van der Waals surface area contributed by atoms with E-state index in [0.29, 0.717) is 17.0 Å². The fourth-order valence-corrected chi connectivity index (χ4v) is 4.72. The number of nitrogens with zero attached hydrogens (tertiary/aromatic N) is 3. The number of non-ortho nitro benzene ring substituents is 1. The van der Waals surface area contributed by atoms with E-state index in [0.717, 1.165) is 0 Å². The first-order chi connectivity index (χ1) is 17.3. The van der Waals surface area contributed by atoms with Crippen molar-refractivity contribution in [2.24, 2.45) is 11.0 Å². The molecule has 0 spiro atoms. The van der Waals surface area contributed by atoms with Gasteiger partial charge in [0.05, 0.1) is 22.1 Å². The van der Waals surface area contributed by atoms with Gasteiger partial charge in [-0.15, -0.1) is 0 Å². The number of aliphatic hydroxyl groups excluding tert-OH is 1. The number of anilines is 1. The van der Waals surface area contributed by atoms with Crippen LogP contribution in [0.5, 0.6) is 0 Å². The number of hydrogen-bond acceptors (Lipinski definition) is 7. The van der Waals surface area contributed by atoms with Gasteiger partial charge in [0.25, 0.3) is 11.6 Å². The smallest absolute Gasteiger partial charge is 0.269 e. The fraction of sp³-hybridized carbons (Fsp3) is 0.111. The molecular formula is C27H19N3O6. The molecule has 5 rings (SSSR count). The van der Waals surface area contributed by atoms with Gasteiger partial charge >= 0.3 is 0 Å². The Morgan fingerprint density at radius 3 is 2.14 bits per heavy atom. The fourth-order valence-electron chi connectivity index (χ4n) is 4.72. The maximum atomic E-state index is 13.7. The van der Waals surface area contributed by atoms with E-state index in [4.69, 9.17) is 0 Å². The number of hydrogen-bond donors (Lipinski definition) is 1. The average Bonchev–Trinajstić information content (AvgIpc) is 3.19. The molecule has 1 aliphatic carbocycles. The SMILES string of the molecule is CC1=NN(c2ccccc2)C(=O)C1C(C1=C(O)c2ccccc2C(=O)C1=O)c1ccc([N+](=O)[O-])cc1. The third-order valence-corrected chi connectivity index (χ3v) is 6.42. The average molecular weight is 481 g/mol. The predicted octanol–water partition coefficient (Wildman–Crippen LogP) is 4.45. The van der Waals surface area contributed by atoms with E-state index in [1.54, 1.807) is 49.4 Å². The Bertz CT molecular complexity index is 1490. The highest BCUT2D eigenvalue weighted by Gasteiger charge is 2.47. The van der Waals surface area contributed by atoms with Crippen LogP contribution in [0.4, 0.5) is 11.4 Å². The molecule has 36 heavy (non-hydrogen) atoms. The van der Waals surface area contributed by atoms with E-state index < -0.39 is 40.0 Å². The van der Waals surface area contributed by atoms with Crippen LogP contribution in [0.3, 0.4) is 0 Å². The number of para-hydroxylation sites is 1. The Morgan fingerprint density at radius 1 is 0.889 bits per heavy atom. The minimum atomic E-state index is -1.11. The highest BCUT2D eigenvalue weighted by atomic mass is 16.6. The topological polar surface area (TPSA) is 130 Å². The lowest BCUT2D eigenvalue weighted by Crippen LogP contribution is -2.36. The Kier molecular flexibility index (Phi) is 5.52. The molecule has 1 heterocycles. The van der Waals surface area contributed by atoms with Gasteiger partial charge in [-0.3, -0.25) is 24.5 Å². The third-order valence-electron chi connectivity index (χ3n) is 6.42. The molecule has 3 aromatic rings. The van der Waals surface area contributed by atoms with Gasteiger partial charge in [0, 0.05) is 34.9 Å². The van der Waals surface area contributed by atoms with Crippen molar-refractivity contribution in [3.8, 4) is 0 Å². The van der Waals surface area contributed by atoms with Gasteiger partial charge in [0.1, 0.15) is 5.76 Å². The zero-order chi connectivity index (χ0) is 25.6. The van der Waals surface area contributed by atoms with Crippen molar-refractivity contribution in [2.45, 2.75) is 12.8 Å². The molecule has 0 radical (unpaired) electrons. The highest BCUT2D eigenvalue weighted by Crippen LogP contribution is 2.43. The van der Waals surface area contributed by atoms with Gasteiger partial charge in [0.15, 0.2) is 0 Å². The Balaban J connectivity index is 1.70. The second-order valence-electron chi connectivity index (χ2n) is 8.50. The van der Waals surface area contributed by atoms with Gasteiger partial charge in [0.2, 0.25) is 11.6 Å². The standard InChI is InChI=1S/C27H19N3O6/c1-15-21(27(34)29(28-15)17-7-3-2-4-8-17)22(16-11-13-18(14-12-16)30(35)36)23-24(31)19-9-5-6-10-20(19)25(32)26(23)33/h2-14,21-22,31H,1H3. The molecule has 0 bridgehead atoms. The minimum Gasteiger partial charge on any atom is -0.507 e. The van der Waals surface area contributed by atoms with Gasteiger partial charge < -0.3 is 5.11 Å². The number of fused-ring (bicyclic) bond motifs is 1. The maximum Gasteiger partial charge on any atom is 0.269 e. The van der Waals surface area contributed by atoms with Crippen molar-refractivity contribution in [1.29, 1.82) is 0 Å². The Hall–Kier alpha value is -4.92. The van der Waals surface area contributed by atoms with Crippen LogP contribution < -0.4 is 5.01 Å². The van der Waals surface area contributed by atoms with Crippen LogP contribution in [-0.2, 0) is 9.59 Å². The first-order valence-corrected chi connectivity index (χ1v) is 11.1. The zero-order valence-corrected chi connectivity index (χ0v) is 19.0. The number of hydrazone groups is 1. The predicted molar refractivity (Wildman–Crippen MR) is 132 cm³/mol. The van der Waals surface area contributed by atoms with Gasteiger partial charge in [-0.2, -0.15) is 5.10 Å². The molecule has 1 amide bonds. The van der Waals surface area contributed by atoms with Crippen molar-refractivity contribution < 1.29 is 24.4 Å². The summed E-state index contributed by atoms with van der Waals surface area (Å²) in [6.07, 6.45) is 0. The van der Waals surface area contributed by atoms with E-state index in [1.807, 2.05) is 0 Å². The minimum absolute atomic E-state index is 0.0697. The van der Waals surface area contributed by atoms with Crippen molar-refractivity contribution in [2.75, 3.05) is 5.01 Å². The number of benzene rings is 3. The summed E-state index contributed by atoms with van der Waals surface area (Å²) < 4.78 is 0. The normalized spacial score (nSPS) is 18.2. The first-order valence-electron chi connectivity index (χ1n) is 11.1. The van der Waals surface area contributed by atoms with Crippen LogP contribution in [0.25, 0.3) is 5.76 Å². The number of Topliss-reactive ketones (excluding diaryl/α,β-unsaturated/α-hetero) is 2. The molecule has 3 aromatic carbocycles. The quantitative estimate of drug-likeness (QED) is 0.325.